The molecule has 1 aliphatic rings. The highest BCUT2D eigenvalue weighted by Gasteiger charge is 2.26. The zero-order chi connectivity index (χ0) is 21.1. The first-order chi connectivity index (χ1) is 14.5. The Balaban J connectivity index is 1.65. The minimum Gasteiger partial charge on any atom is -0.495 e. The fourth-order valence-corrected chi connectivity index (χ4v) is 5.37. The van der Waals surface area contributed by atoms with Gasteiger partial charge in [-0.1, -0.05) is 31.0 Å². The number of benzene rings is 2. The van der Waals surface area contributed by atoms with Crippen LogP contribution in [-0.2, 0) is 10.0 Å². The summed E-state index contributed by atoms with van der Waals surface area (Å²) in [6.45, 7) is 1.04. The van der Waals surface area contributed by atoms with Gasteiger partial charge in [0.25, 0.3) is 5.91 Å². The minimum atomic E-state index is -3.64. The second-order valence-corrected chi connectivity index (χ2v) is 9.32. The molecule has 1 amide bonds. The van der Waals surface area contributed by atoms with Crippen LogP contribution in [0.3, 0.4) is 0 Å². The molecule has 0 aliphatic carbocycles. The number of hydrogen-bond acceptors (Lipinski definition) is 4. The van der Waals surface area contributed by atoms with Gasteiger partial charge in [-0.2, -0.15) is 4.31 Å². The molecule has 0 radical (unpaired) electrons. The van der Waals surface area contributed by atoms with Gasteiger partial charge in [0.1, 0.15) is 5.75 Å². The second-order valence-electron chi connectivity index (χ2n) is 7.38. The number of fused-ring (bicyclic) bond motifs is 1. The van der Waals surface area contributed by atoms with Crippen molar-refractivity contribution in [1.29, 1.82) is 0 Å². The van der Waals surface area contributed by atoms with Gasteiger partial charge in [0, 0.05) is 30.2 Å². The lowest BCUT2D eigenvalue weighted by Gasteiger charge is -2.21. The Kier molecular flexibility index (Phi) is 5.78. The zero-order valence-electron chi connectivity index (χ0n) is 16.8. The van der Waals surface area contributed by atoms with Crippen molar-refractivity contribution in [3.63, 3.8) is 0 Å². The number of nitrogens with zero attached hydrogens (tertiary/aromatic N) is 1. The lowest BCUT2D eigenvalue weighted by Crippen LogP contribution is -2.32. The fourth-order valence-electron chi connectivity index (χ4n) is 3.83. The number of carbonyl (C=O) groups is 1. The van der Waals surface area contributed by atoms with E-state index in [9.17, 15) is 13.2 Å². The van der Waals surface area contributed by atoms with Crippen molar-refractivity contribution >= 4 is 32.5 Å². The molecule has 1 saturated heterocycles. The van der Waals surface area contributed by atoms with E-state index in [0.717, 1.165) is 36.6 Å². The molecule has 30 heavy (non-hydrogen) atoms. The molecular weight excluding hydrogens is 402 g/mol. The maximum Gasteiger partial charge on any atom is 0.257 e. The number of aromatic amines is 1. The topological polar surface area (TPSA) is 91.5 Å². The van der Waals surface area contributed by atoms with E-state index in [2.05, 4.69) is 10.3 Å². The maximum atomic E-state index is 13.1. The Morgan fingerprint density at radius 1 is 1.07 bits per heavy atom. The van der Waals surface area contributed by atoms with Crippen LogP contribution in [0.15, 0.2) is 53.6 Å². The largest absolute Gasteiger partial charge is 0.495 e. The SMILES string of the molecule is COc1ccc(S(=O)(=O)N2CCCCCC2)cc1NC(=O)c1c[nH]c2ccccc12. The molecule has 0 bridgehead atoms. The molecule has 0 unspecified atom stereocenters. The van der Waals surface area contributed by atoms with Gasteiger partial charge < -0.3 is 15.0 Å². The summed E-state index contributed by atoms with van der Waals surface area (Å²) in [5.74, 6) is 0.0630. The van der Waals surface area contributed by atoms with Gasteiger partial charge >= 0.3 is 0 Å². The van der Waals surface area contributed by atoms with Crippen molar-refractivity contribution in [2.45, 2.75) is 30.6 Å². The average molecular weight is 428 g/mol. The standard InChI is InChI=1S/C22H25N3O4S/c1-29-21-11-10-16(30(27,28)25-12-6-2-3-7-13-25)14-20(21)24-22(26)18-15-23-19-9-5-4-8-17(18)19/h4-5,8-11,14-15,23H,2-3,6-7,12-13H2,1H3,(H,24,26). The van der Waals surface area contributed by atoms with Gasteiger partial charge in [-0.15, -0.1) is 0 Å². The number of rotatable bonds is 5. The number of ether oxygens (including phenoxy) is 1. The fraction of sp³-hybridized carbons (Fsp3) is 0.318. The third-order valence-electron chi connectivity index (χ3n) is 5.46. The summed E-state index contributed by atoms with van der Waals surface area (Å²) < 4.78 is 33.2. The molecule has 158 valence electrons. The van der Waals surface area contributed by atoms with Gasteiger partial charge in [0.05, 0.1) is 23.3 Å². The third-order valence-corrected chi connectivity index (χ3v) is 7.35. The number of hydrogen-bond donors (Lipinski definition) is 2. The molecule has 2 aromatic carbocycles. The van der Waals surface area contributed by atoms with E-state index in [1.165, 1.54) is 23.5 Å². The summed E-state index contributed by atoms with van der Waals surface area (Å²) in [7, 11) is -2.15. The van der Waals surface area contributed by atoms with E-state index in [1.54, 1.807) is 12.3 Å². The Morgan fingerprint density at radius 3 is 2.53 bits per heavy atom. The molecular formula is C22H25N3O4S. The molecule has 1 fully saturated rings. The van der Waals surface area contributed by atoms with Crippen molar-refractivity contribution in [1.82, 2.24) is 9.29 Å². The van der Waals surface area contributed by atoms with Crippen LogP contribution in [0.5, 0.6) is 5.75 Å². The first-order valence-electron chi connectivity index (χ1n) is 10.1. The number of aromatic nitrogens is 1. The highest BCUT2D eigenvalue weighted by molar-refractivity contribution is 7.89. The number of amides is 1. The van der Waals surface area contributed by atoms with Gasteiger partial charge in [-0.25, -0.2) is 8.42 Å². The molecule has 0 atom stereocenters. The zero-order valence-corrected chi connectivity index (χ0v) is 17.7. The Bertz CT molecular complexity index is 1160. The van der Waals surface area contributed by atoms with Crippen LogP contribution in [0.4, 0.5) is 5.69 Å². The van der Waals surface area contributed by atoms with Crippen molar-refractivity contribution in [3.05, 3.63) is 54.2 Å². The number of anilines is 1. The molecule has 1 aromatic heterocycles. The molecule has 0 saturated carbocycles. The number of nitrogens with one attached hydrogen (secondary N) is 2. The monoisotopic (exact) mass is 427 g/mol. The van der Waals surface area contributed by atoms with E-state index >= 15 is 0 Å². The van der Waals surface area contributed by atoms with Gasteiger partial charge in [0.2, 0.25) is 10.0 Å². The van der Waals surface area contributed by atoms with Crippen molar-refractivity contribution < 1.29 is 17.9 Å². The maximum absolute atomic E-state index is 13.1. The first-order valence-corrected chi connectivity index (χ1v) is 11.5. The predicted molar refractivity (Wildman–Crippen MR) is 116 cm³/mol. The highest BCUT2D eigenvalue weighted by atomic mass is 32.2. The molecule has 4 rings (SSSR count). The van der Waals surface area contributed by atoms with Crippen molar-refractivity contribution in [3.8, 4) is 5.75 Å². The third kappa shape index (κ3) is 3.93. The van der Waals surface area contributed by atoms with Crippen LogP contribution in [0.2, 0.25) is 0 Å². The van der Waals surface area contributed by atoms with Crippen LogP contribution in [0.1, 0.15) is 36.0 Å². The first kappa shape index (κ1) is 20.4. The number of sulfonamides is 1. The number of methoxy groups -OCH3 is 1. The van der Waals surface area contributed by atoms with Crippen LogP contribution in [0.25, 0.3) is 10.9 Å². The smallest absolute Gasteiger partial charge is 0.257 e. The van der Waals surface area contributed by atoms with Gasteiger partial charge in [-0.05, 0) is 37.1 Å². The van der Waals surface area contributed by atoms with E-state index in [0.29, 0.717) is 30.1 Å². The lowest BCUT2D eigenvalue weighted by atomic mass is 10.1. The highest BCUT2D eigenvalue weighted by Crippen LogP contribution is 2.31. The molecule has 2 N–H and O–H groups in total. The predicted octanol–water partition coefficient (Wildman–Crippen LogP) is 3.99. The summed E-state index contributed by atoms with van der Waals surface area (Å²) >= 11 is 0. The molecule has 0 spiro atoms. The number of carbonyl (C=O) groups excluding carboxylic acids is 1. The molecule has 8 heteroatoms. The van der Waals surface area contributed by atoms with Gasteiger partial charge in [-0.3, -0.25) is 4.79 Å². The Hall–Kier alpha value is -2.84. The van der Waals surface area contributed by atoms with Crippen LogP contribution < -0.4 is 10.1 Å². The summed E-state index contributed by atoms with van der Waals surface area (Å²) in [6.07, 6.45) is 5.45. The van der Waals surface area contributed by atoms with Crippen LogP contribution in [0, 0.1) is 0 Å². The van der Waals surface area contributed by atoms with E-state index in [-0.39, 0.29) is 10.8 Å². The summed E-state index contributed by atoms with van der Waals surface area (Å²) in [5.41, 5.74) is 1.66. The van der Waals surface area contributed by atoms with Crippen LogP contribution >= 0.6 is 0 Å². The second kappa shape index (κ2) is 8.49. The molecule has 1 aliphatic heterocycles. The normalized spacial score (nSPS) is 15.6. The Morgan fingerprint density at radius 2 is 1.80 bits per heavy atom. The molecule has 7 nitrogen and oxygen atoms in total. The van der Waals surface area contributed by atoms with Crippen molar-refractivity contribution in [2.24, 2.45) is 0 Å². The van der Waals surface area contributed by atoms with E-state index in [1.807, 2.05) is 24.3 Å². The van der Waals surface area contributed by atoms with Crippen LogP contribution in [-0.4, -0.2) is 43.8 Å². The van der Waals surface area contributed by atoms with E-state index < -0.39 is 10.0 Å². The quantitative estimate of drug-likeness (QED) is 0.644. The summed E-state index contributed by atoms with van der Waals surface area (Å²) in [4.78, 5) is 16.1. The van der Waals surface area contributed by atoms with Crippen molar-refractivity contribution in [2.75, 3.05) is 25.5 Å². The van der Waals surface area contributed by atoms with Gasteiger partial charge in [0.15, 0.2) is 0 Å². The molecule has 2 heterocycles. The number of para-hydroxylation sites is 1. The average Bonchev–Trinajstić information content (AvgIpc) is 2.98. The summed E-state index contributed by atoms with van der Waals surface area (Å²) in [5, 5.41) is 3.61. The molecule has 3 aromatic rings. The number of H-pyrrole nitrogens is 1. The minimum absolute atomic E-state index is 0.152. The lowest BCUT2D eigenvalue weighted by molar-refractivity contribution is 0.102. The van der Waals surface area contributed by atoms with E-state index in [4.69, 9.17) is 4.74 Å². The summed E-state index contributed by atoms with van der Waals surface area (Å²) in [6, 6.07) is 12.1. The Labute approximate surface area is 176 Å².